The first-order valence-corrected chi connectivity index (χ1v) is 10.3. The third-order valence-corrected chi connectivity index (χ3v) is 6.25. The first-order valence-electron chi connectivity index (χ1n) is 9.51. The Balaban J connectivity index is 1.77. The van der Waals surface area contributed by atoms with Crippen molar-refractivity contribution in [2.45, 2.75) is 39.3 Å². The highest BCUT2D eigenvalue weighted by Crippen LogP contribution is 2.37. The number of ether oxygens (including phenoxy) is 2. The molecule has 1 atom stereocenters. The van der Waals surface area contributed by atoms with Gasteiger partial charge < -0.3 is 9.47 Å². The number of methoxy groups -OCH3 is 1. The summed E-state index contributed by atoms with van der Waals surface area (Å²) in [6.45, 7) is 5.87. The molecule has 1 aromatic carbocycles. The van der Waals surface area contributed by atoms with Crippen molar-refractivity contribution in [1.82, 2.24) is 14.8 Å². The molecular weight excluding hydrogens is 376 g/mol. The third-order valence-electron chi connectivity index (χ3n) is 5.03. The Morgan fingerprint density at radius 3 is 3.00 bits per heavy atom. The number of amides is 1. The van der Waals surface area contributed by atoms with Gasteiger partial charge in [0.05, 0.1) is 24.5 Å². The van der Waals surface area contributed by atoms with Crippen LogP contribution in [0.4, 0.5) is 5.13 Å². The maximum absolute atomic E-state index is 13.4. The van der Waals surface area contributed by atoms with Gasteiger partial charge in [0, 0.05) is 19.3 Å². The molecule has 1 saturated heterocycles. The van der Waals surface area contributed by atoms with E-state index in [9.17, 15) is 4.79 Å². The van der Waals surface area contributed by atoms with Crippen LogP contribution in [-0.4, -0.2) is 47.0 Å². The van der Waals surface area contributed by atoms with Crippen molar-refractivity contribution in [2.75, 3.05) is 25.2 Å². The van der Waals surface area contributed by atoms with Gasteiger partial charge in [0.2, 0.25) is 0 Å². The predicted molar refractivity (Wildman–Crippen MR) is 109 cm³/mol. The maximum atomic E-state index is 13.4. The van der Waals surface area contributed by atoms with Crippen LogP contribution in [0, 0.1) is 6.92 Å². The van der Waals surface area contributed by atoms with Crippen molar-refractivity contribution in [3.63, 3.8) is 0 Å². The highest BCUT2D eigenvalue weighted by molar-refractivity contribution is 7.22. The lowest BCUT2D eigenvalue weighted by molar-refractivity contribution is 0.0908. The third kappa shape index (κ3) is 3.38. The van der Waals surface area contributed by atoms with E-state index < -0.39 is 0 Å². The number of hydrogen-bond donors (Lipinski definition) is 0. The number of nitrogens with zero attached hydrogens (tertiary/aromatic N) is 4. The number of fused-ring (bicyclic) bond motifs is 1. The molecule has 4 rings (SSSR count). The van der Waals surface area contributed by atoms with Crippen LogP contribution in [0.3, 0.4) is 0 Å². The molecule has 0 radical (unpaired) electrons. The highest BCUT2D eigenvalue weighted by Gasteiger charge is 2.29. The molecule has 1 fully saturated rings. The van der Waals surface area contributed by atoms with E-state index in [4.69, 9.17) is 14.5 Å². The topological polar surface area (TPSA) is 69.5 Å². The SMILES string of the molecule is CCn1nccc1C(=O)N(C[C@H]1CCCO1)c1nc2c(OC)ccc(C)c2s1. The molecule has 0 N–H and O–H groups in total. The minimum Gasteiger partial charge on any atom is -0.494 e. The molecule has 3 aromatic rings. The Labute approximate surface area is 167 Å². The molecule has 8 heteroatoms. The van der Waals surface area contributed by atoms with Gasteiger partial charge in [-0.2, -0.15) is 5.10 Å². The zero-order valence-electron chi connectivity index (χ0n) is 16.3. The summed E-state index contributed by atoms with van der Waals surface area (Å²) >= 11 is 1.51. The van der Waals surface area contributed by atoms with Crippen LogP contribution >= 0.6 is 11.3 Å². The van der Waals surface area contributed by atoms with E-state index in [2.05, 4.69) is 5.10 Å². The van der Waals surface area contributed by atoms with Crippen molar-refractivity contribution in [3.8, 4) is 5.75 Å². The zero-order chi connectivity index (χ0) is 19.7. The van der Waals surface area contributed by atoms with E-state index in [1.165, 1.54) is 11.3 Å². The van der Waals surface area contributed by atoms with Gasteiger partial charge in [0.15, 0.2) is 5.13 Å². The van der Waals surface area contributed by atoms with Crippen LogP contribution in [0.5, 0.6) is 5.75 Å². The summed E-state index contributed by atoms with van der Waals surface area (Å²) in [5.74, 6) is 0.608. The fraction of sp³-hybridized carbons (Fsp3) is 0.450. The quantitative estimate of drug-likeness (QED) is 0.632. The Kier molecular flexibility index (Phi) is 5.32. The van der Waals surface area contributed by atoms with Gasteiger partial charge in [-0.1, -0.05) is 17.4 Å². The number of rotatable bonds is 6. The van der Waals surface area contributed by atoms with Crippen LogP contribution < -0.4 is 9.64 Å². The van der Waals surface area contributed by atoms with Crippen molar-refractivity contribution >= 4 is 32.6 Å². The fourth-order valence-corrected chi connectivity index (χ4v) is 4.58. The molecular formula is C20H24N4O3S. The number of aryl methyl sites for hydroxylation is 2. The van der Waals surface area contributed by atoms with Gasteiger partial charge >= 0.3 is 0 Å². The smallest absolute Gasteiger partial charge is 0.278 e. The van der Waals surface area contributed by atoms with Gasteiger partial charge in [-0.3, -0.25) is 14.4 Å². The fourth-order valence-electron chi connectivity index (χ4n) is 3.52. The predicted octanol–water partition coefficient (Wildman–Crippen LogP) is 3.66. The average molecular weight is 401 g/mol. The second-order valence-electron chi connectivity index (χ2n) is 6.84. The molecule has 7 nitrogen and oxygen atoms in total. The zero-order valence-corrected chi connectivity index (χ0v) is 17.2. The number of carbonyl (C=O) groups is 1. The van der Waals surface area contributed by atoms with Gasteiger partial charge in [0.1, 0.15) is 17.0 Å². The standard InChI is InChI=1S/C20H24N4O3S/c1-4-24-15(9-10-21-24)19(25)23(12-14-6-5-11-27-14)20-22-17-16(26-3)8-7-13(2)18(17)28-20/h7-10,14H,4-6,11-12H2,1-3H3/t14-/m1/s1. The summed E-state index contributed by atoms with van der Waals surface area (Å²) in [7, 11) is 1.64. The lowest BCUT2D eigenvalue weighted by atomic mass is 10.2. The summed E-state index contributed by atoms with van der Waals surface area (Å²) in [6.07, 6.45) is 3.65. The number of anilines is 1. The van der Waals surface area contributed by atoms with Crippen molar-refractivity contribution in [3.05, 3.63) is 35.7 Å². The Morgan fingerprint density at radius 2 is 2.29 bits per heavy atom. The Hall–Kier alpha value is -2.45. The number of thiazole rings is 1. The van der Waals surface area contributed by atoms with Crippen LogP contribution in [-0.2, 0) is 11.3 Å². The number of carbonyl (C=O) groups excluding carboxylic acids is 1. The van der Waals surface area contributed by atoms with Crippen LogP contribution in [0.1, 0.15) is 35.8 Å². The lowest BCUT2D eigenvalue weighted by Gasteiger charge is -2.23. The van der Waals surface area contributed by atoms with Crippen molar-refractivity contribution < 1.29 is 14.3 Å². The molecule has 1 amide bonds. The average Bonchev–Trinajstić information content (AvgIpc) is 3.46. The monoisotopic (exact) mass is 400 g/mol. The van der Waals surface area contributed by atoms with E-state index in [0.717, 1.165) is 35.2 Å². The largest absolute Gasteiger partial charge is 0.494 e. The normalized spacial score (nSPS) is 16.6. The minimum absolute atomic E-state index is 0.0250. The van der Waals surface area contributed by atoms with Gasteiger partial charge in [-0.25, -0.2) is 4.98 Å². The molecule has 2 aromatic heterocycles. The summed E-state index contributed by atoms with van der Waals surface area (Å²) in [4.78, 5) is 20.0. The second kappa shape index (κ2) is 7.89. The van der Waals surface area contributed by atoms with E-state index in [1.54, 1.807) is 29.0 Å². The first-order chi connectivity index (χ1) is 13.6. The Morgan fingerprint density at radius 1 is 1.43 bits per heavy atom. The molecule has 0 saturated carbocycles. The molecule has 0 bridgehead atoms. The number of hydrogen-bond acceptors (Lipinski definition) is 6. The van der Waals surface area contributed by atoms with Crippen molar-refractivity contribution in [1.29, 1.82) is 0 Å². The molecule has 0 aliphatic carbocycles. The Bertz CT molecular complexity index is 991. The summed E-state index contributed by atoms with van der Waals surface area (Å²) < 4.78 is 14.0. The van der Waals surface area contributed by atoms with Crippen LogP contribution in [0.25, 0.3) is 10.2 Å². The van der Waals surface area contributed by atoms with E-state index in [-0.39, 0.29) is 12.0 Å². The summed E-state index contributed by atoms with van der Waals surface area (Å²) in [6, 6.07) is 5.69. The van der Waals surface area contributed by atoms with E-state index >= 15 is 0 Å². The second-order valence-corrected chi connectivity index (χ2v) is 7.82. The maximum Gasteiger partial charge on any atom is 0.278 e. The molecule has 1 aliphatic heterocycles. The lowest BCUT2D eigenvalue weighted by Crippen LogP contribution is -2.38. The summed E-state index contributed by atoms with van der Waals surface area (Å²) in [5.41, 5.74) is 2.46. The van der Waals surface area contributed by atoms with Crippen molar-refractivity contribution in [2.24, 2.45) is 0 Å². The molecule has 1 aliphatic rings. The number of benzene rings is 1. The van der Waals surface area contributed by atoms with Gasteiger partial charge in [0.25, 0.3) is 5.91 Å². The van der Waals surface area contributed by atoms with E-state index in [1.807, 2.05) is 26.0 Å². The first kappa shape index (κ1) is 18.9. The van der Waals surface area contributed by atoms with Gasteiger partial charge in [-0.05, 0) is 44.4 Å². The molecule has 28 heavy (non-hydrogen) atoms. The molecule has 148 valence electrons. The van der Waals surface area contributed by atoms with Crippen LogP contribution in [0.2, 0.25) is 0 Å². The minimum atomic E-state index is -0.106. The van der Waals surface area contributed by atoms with E-state index in [0.29, 0.717) is 29.7 Å². The van der Waals surface area contributed by atoms with Gasteiger partial charge in [-0.15, -0.1) is 0 Å². The molecule has 0 spiro atoms. The number of aromatic nitrogens is 3. The highest BCUT2D eigenvalue weighted by atomic mass is 32.1. The van der Waals surface area contributed by atoms with Crippen LogP contribution in [0.15, 0.2) is 24.4 Å². The molecule has 0 unspecified atom stereocenters. The molecule has 3 heterocycles. The summed E-state index contributed by atoms with van der Waals surface area (Å²) in [5, 5.41) is 4.91.